The molecule has 6 heteroatoms. The molecule has 1 unspecified atom stereocenters. The molecule has 1 aromatic heterocycles. The first-order valence-electron chi connectivity index (χ1n) is 6.13. The van der Waals surface area contributed by atoms with Gasteiger partial charge in [0.05, 0.1) is 16.2 Å². The molecule has 1 N–H and O–H groups in total. The van der Waals surface area contributed by atoms with E-state index in [4.69, 9.17) is 27.9 Å². The lowest BCUT2D eigenvalue weighted by Gasteiger charge is -2.35. The van der Waals surface area contributed by atoms with E-state index in [1.807, 2.05) is 13.8 Å². The summed E-state index contributed by atoms with van der Waals surface area (Å²) >= 11 is 11.6. The van der Waals surface area contributed by atoms with Crippen molar-refractivity contribution in [2.75, 3.05) is 6.61 Å². The van der Waals surface area contributed by atoms with E-state index in [-0.39, 0.29) is 27.7 Å². The van der Waals surface area contributed by atoms with E-state index in [1.165, 1.54) is 12.3 Å². The lowest BCUT2D eigenvalue weighted by Crippen LogP contribution is -2.45. The highest BCUT2D eigenvalue weighted by atomic mass is 35.5. The number of hydrogen-bond donors (Lipinski definition) is 1. The zero-order chi connectivity index (χ0) is 14.0. The minimum Gasteiger partial charge on any atom is -0.375 e. The number of nitrogens with zero attached hydrogens (tertiary/aromatic N) is 1. The second kappa shape index (κ2) is 5.65. The molecular formula is C13H16Cl2N2O2. The fourth-order valence-electron chi connectivity index (χ4n) is 2.17. The topological polar surface area (TPSA) is 51.2 Å². The zero-order valence-corrected chi connectivity index (χ0v) is 12.4. The predicted octanol–water partition coefficient (Wildman–Crippen LogP) is 3.08. The molecule has 0 bridgehead atoms. The van der Waals surface area contributed by atoms with Crippen LogP contribution < -0.4 is 5.32 Å². The van der Waals surface area contributed by atoms with E-state index in [2.05, 4.69) is 10.3 Å². The Balaban J connectivity index is 2.02. The number of halogens is 2. The molecule has 0 aromatic carbocycles. The van der Waals surface area contributed by atoms with Crippen molar-refractivity contribution in [3.63, 3.8) is 0 Å². The molecule has 2 heterocycles. The molecule has 4 nitrogen and oxygen atoms in total. The van der Waals surface area contributed by atoms with Crippen LogP contribution in [0.5, 0.6) is 0 Å². The van der Waals surface area contributed by atoms with Gasteiger partial charge in [0, 0.05) is 18.8 Å². The van der Waals surface area contributed by atoms with E-state index in [9.17, 15) is 4.79 Å². The van der Waals surface area contributed by atoms with Gasteiger partial charge in [-0.3, -0.25) is 4.79 Å². The smallest absolute Gasteiger partial charge is 0.253 e. The SMILES string of the molecule is CC1(C)CC(NC(=O)c2cnc(Cl)c(Cl)c2)CCO1. The summed E-state index contributed by atoms with van der Waals surface area (Å²) in [7, 11) is 0. The first-order valence-corrected chi connectivity index (χ1v) is 6.89. The minimum absolute atomic E-state index is 0.103. The Morgan fingerprint density at radius 1 is 1.53 bits per heavy atom. The van der Waals surface area contributed by atoms with Crippen molar-refractivity contribution in [3.05, 3.63) is 28.0 Å². The van der Waals surface area contributed by atoms with Crippen LogP contribution >= 0.6 is 23.2 Å². The predicted molar refractivity (Wildman–Crippen MR) is 74.8 cm³/mol. The molecule has 1 amide bonds. The summed E-state index contributed by atoms with van der Waals surface area (Å²) < 4.78 is 5.62. The fraction of sp³-hybridized carbons (Fsp3) is 0.538. The van der Waals surface area contributed by atoms with Crippen molar-refractivity contribution >= 4 is 29.1 Å². The van der Waals surface area contributed by atoms with Crippen molar-refractivity contribution < 1.29 is 9.53 Å². The number of carbonyl (C=O) groups is 1. The number of pyridine rings is 1. The molecule has 2 rings (SSSR count). The van der Waals surface area contributed by atoms with Crippen LogP contribution in [-0.4, -0.2) is 29.1 Å². The zero-order valence-electron chi connectivity index (χ0n) is 10.9. The third kappa shape index (κ3) is 3.81. The normalized spacial score (nSPS) is 22.0. The lowest BCUT2D eigenvalue weighted by molar-refractivity contribution is -0.0615. The summed E-state index contributed by atoms with van der Waals surface area (Å²) in [5.41, 5.74) is 0.213. The maximum atomic E-state index is 12.1. The van der Waals surface area contributed by atoms with E-state index in [0.717, 1.165) is 12.8 Å². The summed E-state index contributed by atoms with van der Waals surface area (Å²) in [6.45, 7) is 4.69. The number of ether oxygens (including phenoxy) is 1. The Kier molecular flexibility index (Phi) is 4.33. The van der Waals surface area contributed by atoms with E-state index in [1.54, 1.807) is 0 Å². The Morgan fingerprint density at radius 2 is 2.26 bits per heavy atom. The average molecular weight is 303 g/mol. The highest BCUT2D eigenvalue weighted by Crippen LogP contribution is 2.24. The van der Waals surface area contributed by atoms with Crippen LogP contribution in [0.2, 0.25) is 10.2 Å². The van der Waals surface area contributed by atoms with Gasteiger partial charge >= 0.3 is 0 Å². The summed E-state index contributed by atoms with van der Waals surface area (Å²) in [6, 6.07) is 1.63. The van der Waals surface area contributed by atoms with Gasteiger partial charge in [0.25, 0.3) is 5.91 Å². The van der Waals surface area contributed by atoms with Gasteiger partial charge in [-0.05, 0) is 32.8 Å². The maximum absolute atomic E-state index is 12.1. The third-order valence-electron chi connectivity index (χ3n) is 3.09. The van der Waals surface area contributed by atoms with Gasteiger partial charge in [0.2, 0.25) is 0 Å². The molecule has 1 aliphatic rings. The van der Waals surface area contributed by atoms with Crippen LogP contribution in [0.4, 0.5) is 0 Å². The number of rotatable bonds is 2. The first-order chi connectivity index (χ1) is 8.87. The molecule has 1 aliphatic heterocycles. The molecule has 1 aromatic rings. The van der Waals surface area contributed by atoms with E-state index < -0.39 is 0 Å². The molecule has 0 saturated carbocycles. The molecule has 0 aliphatic carbocycles. The molecule has 1 fully saturated rings. The summed E-state index contributed by atoms with van der Waals surface area (Å²) in [4.78, 5) is 16.0. The van der Waals surface area contributed by atoms with Crippen LogP contribution in [0, 0.1) is 0 Å². The van der Waals surface area contributed by atoms with Crippen molar-refractivity contribution in [2.24, 2.45) is 0 Å². The number of amides is 1. The minimum atomic E-state index is -0.202. The largest absolute Gasteiger partial charge is 0.375 e. The molecule has 0 spiro atoms. The van der Waals surface area contributed by atoms with Crippen molar-refractivity contribution in [1.82, 2.24) is 10.3 Å². The van der Waals surface area contributed by atoms with Gasteiger partial charge in [-0.2, -0.15) is 0 Å². The second-order valence-electron chi connectivity index (χ2n) is 5.27. The molecule has 1 saturated heterocycles. The Hall–Kier alpha value is -0.840. The second-order valence-corrected chi connectivity index (χ2v) is 6.03. The number of carbonyl (C=O) groups excluding carboxylic acids is 1. The lowest BCUT2D eigenvalue weighted by atomic mass is 9.94. The standard InChI is InChI=1S/C13H16Cl2N2O2/c1-13(2)6-9(3-4-19-13)17-12(18)8-5-10(14)11(15)16-7-8/h5,7,9H,3-4,6H2,1-2H3,(H,17,18). The van der Waals surface area contributed by atoms with E-state index in [0.29, 0.717) is 12.2 Å². The molecule has 19 heavy (non-hydrogen) atoms. The van der Waals surface area contributed by atoms with Crippen molar-refractivity contribution in [2.45, 2.75) is 38.3 Å². The Bertz CT molecular complexity index is 492. The Morgan fingerprint density at radius 3 is 2.89 bits per heavy atom. The number of hydrogen-bond acceptors (Lipinski definition) is 3. The van der Waals surface area contributed by atoms with E-state index >= 15 is 0 Å². The van der Waals surface area contributed by atoms with Gasteiger partial charge < -0.3 is 10.1 Å². The quantitative estimate of drug-likeness (QED) is 0.854. The molecule has 1 atom stereocenters. The summed E-state index contributed by atoms with van der Waals surface area (Å²) in [5, 5.41) is 3.46. The summed E-state index contributed by atoms with van der Waals surface area (Å²) in [6.07, 6.45) is 3.02. The highest BCUT2D eigenvalue weighted by molar-refractivity contribution is 6.41. The van der Waals surface area contributed by atoms with Crippen molar-refractivity contribution in [1.29, 1.82) is 0 Å². The summed E-state index contributed by atoms with van der Waals surface area (Å²) in [5.74, 6) is -0.186. The Labute approximate surface area is 122 Å². The van der Waals surface area contributed by atoms with Gasteiger partial charge in [0.1, 0.15) is 5.15 Å². The third-order valence-corrected chi connectivity index (χ3v) is 3.78. The molecule has 104 valence electrons. The molecule has 0 radical (unpaired) electrons. The van der Waals surface area contributed by atoms with Crippen molar-refractivity contribution in [3.8, 4) is 0 Å². The number of aromatic nitrogens is 1. The van der Waals surface area contributed by atoms with Crippen LogP contribution in [0.25, 0.3) is 0 Å². The van der Waals surface area contributed by atoms with Gasteiger partial charge in [-0.1, -0.05) is 23.2 Å². The van der Waals surface area contributed by atoms with Gasteiger partial charge in [-0.25, -0.2) is 4.98 Å². The number of nitrogens with one attached hydrogen (secondary N) is 1. The fourth-order valence-corrected chi connectivity index (χ4v) is 2.44. The molecular weight excluding hydrogens is 287 g/mol. The average Bonchev–Trinajstić information content (AvgIpc) is 2.31. The van der Waals surface area contributed by atoms with Crippen LogP contribution in [0.15, 0.2) is 12.3 Å². The van der Waals surface area contributed by atoms with Crippen LogP contribution in [0.3, 0.4) is 0 Å². The van der Waals surface area contributed by atoms with Crippen LogP contribution in [-0.2, 0) is 4.74 Å². The highest BCUT2D eigenvalue weighted by Gasteiger charge is 2.29. The van der Waals surface area contributed by atoms with Gasteiger partial charge in [0.15, 0.2) is 0 Å². The monoisotopic (exact) mass is 302 g/mol. The van der Waals surface area contributed by atoms with Crippen LogP contribution in [0.1, 0.15) is 37.0 Å². The first kappa shape index (κ1) is 14.6. The maximum Gasteiger partial charge on any atom is 0.253 e. The van der Waals surface area contributed by atoms with Gasteiger partial charge in [-0.15, -0.1) is 0 Å².